The van der Waals surface area contributed by atoms with Crippen molar-refractivity contribution in [2.24, 2.45) is 5.41 Å². The maximum atomic E-state index is 14.6. The van der Waals surface area contributed by atoms with Gasteiger partial charge in [0.25, 0.3) is 11.8 Å². The fourth-order valence-corrected chi connectivity index (χ4v) is 9.60. The molecule has 2 aromatic heterocycles. The van der Waals surface area contributed by atoms with Crippen molar-refractivity contribution in [3.05, 3.63) is 65.5 Å². The Bertz CT molecular complexity index is 2140. The fourth-order valence-electron chi connectivity index (χ4n) is 9.60. The highest BCUT2D eigenvalue weighted by molar-refractivity contribution is 6.09. The SMILES string of the molecule is CC[C@H](C)n1cnc2cc(-c3ccc4c(c3)N([C@H]3C[C@@H](N5CCC6(C5)CC6(F)F)C3)C(=O)C43CCNCC3)nc(Nc3ccc(C)c(C(=O)NC)c3)c21. The molecule has 2 aliphatic carbocycles. The van der Waals surface area contributed by atoms with Crippen LogP contribution >= 0.6 is 0 Å². The number of anilines is 3. The minimum Gasteiger partial charge on any atom is -0.355 e. The number of piperidine rings is 1. The van der Waals surface area contributed by atoms with Gasteiger partial charge in [0.15, 0.2) is 5.82 Å². The van der Waals surface area contributed by atoms with Gasteiger partial charge in [-0.2, -0.15) is 0 Å². The van der Waals surface area contributed by atoms with Crippen LogP contribution in [0.4, 0.5) is 26.0 Å². The lowest BCUT2D eigenvalue weighted by Crippen LogP contribution is -2.57. The van der Waals surface area contributed by atoms with E-state index in [0.717, 1.165) is 90.0 Å². The highest BCUT2D eigenvalue weighted by atomic mass is 19.3. The van der Waals surface area contributed by atoms with Crippen molar-refractivity contribution in [3.63, 3.8) is 0 Å². The van der Waals surface area contributed by atoms with E-state index in [4.69, 9.17) is 9.97 Å². The van der Waals surface area contributed by atoms with E-state index in [1.165, 1.54) is 0 Å². The molecule has 12 heteroatoms. The number of alkyl halides is 2. The zero-order valence-corrected chi connectivity index (χ0v) is 30.9. The highest BCUT2D eigenvalue weighted by Crippen LogP contribution is 2.65. The van der Waals surface area contributed by atoms with Crippen LogP contribution in [0.15, 0.2) is 48.8 Å². The molecule has 10 nitrogen and oxygen atoms in total. The van der Waals surface area contributed by atoms with Crippen molar-refractivity contribution in [1.29, 1.82) is 0 Å². The van der Waals surface area contributed by atoms with Gasteiger partial charge in [0, 0.05) is 60.6 Å². The number of nitrogens with one attached hydrogen (secondary N) is 3. The van der Waals surface area contributed by atoms with Crippen LogP contribution in [0.25, 0.3) is 22.3 Å². The number of benzene rings is 2. The summed E-state index contributed by atoms with van der Waals surface area (Å²) < 4.78 is 30.6. The summed E-state index contributed by atoms with van der Waals surface area (Å²) in [6.45, 7) is 8.96. The first kappa shape index (κ1) is 34.4. The summed E-state index contributed by atoms with van der Waals surface area (Å²) in [6.07, 6.45) is 6.44. The van der Waals surface area contributed by atoms with Crippen LogP contribution in [-0.4, -0.2) is 82.5 Å². The Morgan fingerprint density at radius 3 is 2.55 bits per heavy atom. The molecule has 5 aliphatic rings. The molecule has 2 atom stereocenters. The Balaban J connectivity index is 1.08. The molecule has 2 amide bonds. The number of hydrogen-bond acceptors (Lipinski definition) is 7. The molecule has 278 valence electrons. The third kappa shape index (κ3) is 5.30. The van der Waals surface area contributed by atoms with E-state index < -0.39 is 16.8 Å². The number of nitrogens with zero attached hydrogens (tertiary/aromatic N) is 5. The van der Waals surface area contributed by atoms with Crippen LogP contribution in [0.2, 0.25) is 0 Å². The van der Waals surface area contributed by atoms with E-state index in [1.54, 1.807) is 7.05 Å². The molecule has 4 aromatic rings. The topological polar surface area (TPSA) is 107 Å². The van der Waals surface area contributed by atoms with Gasteiger partial charge in [-0.3, -0.25) is 14.5 Å². The van der Waals surface area contributed by atoms with Crippen LogP contribution in [-0.2, 0) is 10.2 Å². The van der Waals surface area contributed by atoms with Crippen molar-refractivity contribution < 1.29 is 18.4 Å². The van der Waals surface area contributed by atoms with Gasteiger partial charge in [-0.15, -0.1) is 0 Å². The van der Waals surface area contributed by atoms with Gasteiger partial charge >= 0.3 is 0 Å². The average Bonchev–Trinajstić information content (AvgIpc) is 3.53. The molecular formula is C41H48F2N8O2. The van der Waals surface area contributed by atoms with Gasteiger partial charge in [0.1, 0.15) is 5.52 Å². The number of aromatic nitrogens is 3. The van der Waals surface area contributed by atoms with Crippen molar-refractivity contribution in [1.82, 2.24) is 30.1 Å². The van der Waals surface area contributed by atoms with E-state index in [9.17, 15) is 18.4 Å². The number of likely N-dealkylation sites (tertiary alicyclic amines) is 1. The van der Waals surface area contributed by atoms with Gasteiger partial charge in [-0.1, -0.05) is 25.1 Å². The summed E-state index contributed by atoms with van der Waals surface area (Å²) in [5.74, 6) is -1.87. The Labute approximate surface area is 308 Å². The Hall–Kier alpha value is -4.42. The molecule has 0 radical (unpaired) electrons. The van der Waals surface area contributed by atoms with E-state index in [0.29, 0.717) is 30.9 Å². The number of aryl methyl sites for hydroxylation is 1. The Morgan fingerprint density at radius 2 is 1.85 bits per heavy atom. The average molecular weight is 723 g/mol. The largest absolute Gasteiger partial charge is 0.355 e. The molecule has 4 fully saturated rings. The minimum atomic E-state index is -2.53. The summed E-state index contributed by atoms with van der Waals surface area (Å²) in [6, 6.07) is 14.5. The van der Waals surface area contributed by atoms with Crippen LogP contribution in [0.3, 0.4) is 0 Å². The summed E-state index contributed by atoms with van der Waals surface area (Å²) in [5, 5.41) is 9.71. The van der Waals surface area contributed by atoms with Crippen LogP contribution in [0, 0.1) is 12.3 Å². The van der Waals surface area contributed by atoms with Gasteiger partial charge in [-0.25, -0.2) is 18.7 Å². The quantitative estimate of drug-likeness (QED) is 0.186. The molecule has 2 saturated carbocycles. The molecule has 53 heavy (non-hydrogen) atoms. The number of halogens is 2. The lowest BCUT2D eigenvalue weighted by Gasteiger charge is -2.46. The summed E-state index contributed by atoms with van der Waals surface area (Å²) in [7, 11) is 1.63. The highest BCUT2D eigenvalue weighted by Gasteiger charge is 2.73. The van der Waals surface area contributed by atoms with Crippen molar-refractivity contribution >= 4 is 40.0 Å². The number of carbonyl (C=O) groups excluding carboxylic acids is 2. The smallest absolute Gasteiger partial charge is 0.255 e. The second-order valence-electron chi connectivity index (χ2n) is 16.3. The number of fused-ring (bicyclic) bond motifs is 3. The second kappa shape index (κ2) is 12.3. The fraction of sp³-hybridized carbons (Fsp3) is 0.512. The molecule has 2 spiro atoms. The third-order valence-corrected chi connectivity index (χ3v) is 13.3. The molecule has 3 N–H and O–H groups in total. The van der Waals surface area contributed by atoms with E-state index >= 15 is 0 Å². The lowest BCUT2D eigenvalue weighted by atomic mass is 9.74. The first-order chi connectivity index (χ1) is 25.5. The number of pyridine rings is 1. The molecule has 1 unspecified atom stereocenters. The maximum absolute atomic E-state index is 14.6. The number of imidazole rings is 1. The Kier molecular flexibility index (Phi) is 7.98. The standard InChI is InChI=1S/C41H48F2N8O2/c1-5-25(3)50-23-46-33-20-32(48-36(35(33)50)47-27-8-6-24(2)30(17-27)37(52)44-4)26-7-9-31-34(16-26)51(38(53)40(31)10-13-45-14-11-40)29-18-28(19-29)49-15-12-39(22-49)21-41(39,42)43/h6-9,16-17,20,23,25,28-29,45H,5,10-15,18-19,21-22H2,1-4H3,(H,44,52)(H,47,48)/t25-,28-,29+,39?/m0/s1. The molecule has 3 aliphatic heterocycles. The first-order valence-electron chi connectivity index (χ1n) is 19.3. The van der Waals surface area contributed by atoms with Crippen LogP contribution in [0.5, 0.6) is 0 Å². The predicted octanol–water partition coefficient (Wildman–Crippen LogP) is 6.71. The first-order valence-corrected chi connectivity index (χ1v) is 19.3. The Morgan fingerprint density at radius 1 is 1.08 bits per heavy atom. The second-order valence-corrected chi connectivity index (χ2v) is 16.3. The number of amides is 2. The lowest BCUT2D eigenvalue weighted by molar-refractivity contribution is -0.125. The normalized spacial score (nSPS) is 26.2. The number of carbonyl (C=O) groups is 2. The minimum absolute atomic E-state index is 0.0149. The zero-order valence-electron chi connectivity index (χ0n) is 30.9. The molecule has 2 aromatic carbocycles. The van der Waals surface area contributed by atoms with E-state index in [2.05, 4.69) is 62.4 Å². The number of rotatable bonds is 8. The van der Waals surface area contributed by atoms with Gasteiger partial charge < -0.3 is 25.4 Å². The third-order valence-electron chi connectivity index (χ3n) is 13.3. The van der Waals surface area contributed by atoms with Gasteiger partial charge in [0.2, 0.25) is 5.91 Å². The van der Waals surface area contributed by atoms with E-state index in [-0.39, 0.29) is 36.4 Å². The number of hydrogen-bond donors (Lipinski definition) is 3. The van der Waals surface area contributed by atoms with Gasteiger partial charge in [-0.05, 0) is 107 Å². The van der Waals surface area contributed by atoms with Crippen molar-refractivity contribution in [2.75, 3.05) is 43.4 Å². The molecule has 0 bridgehead atoms. The summed E-state index contributed by atoms with van der Waals surface area (Å²) >= 11 is 0. The molecule has 2 saturated heterocycles. The molecule has 9 rings (SSSR count). The predicted molar refractivity (Wildman–Crippen MR) is 202 cm³/mol. The molecule has 5 heterocycles. The summed E-state index contributed by atoms with van der Waals surface area (Å²) in [5.41, 5.74) is 6.14. The zero-order chi connectivity index (χ0) is 36.9. The molecular weight excluding hydrogens is 675 g/mol. The van der Waals surface area contributed by atoms with Crippen LogP contribution < -0.4 is 20.9 Å². The van der Waals surface area contributed by atoms with Gasteiger partial charge in [0.05, 0.1) is 28.4 Å². The van der Waals surface area contributed by atoms with Crippen molar-refractivity contribution in [3.8, 4) is 11.3 Å². The van der Waals surface area contributed by atoms with Crippen molar-refractivity contribution in [2.45, 2.75) is 95.2 Å². The maximum Gasteiger partial charge on any atom is 0.255 e. The summed E-state index contributed by atoms with van der Waals surface area (Å²) in [4.78, 5) is 41.7. The monoisotopic (exact) mass is 722 g/mol. The van der Waals surface area contributed by atoms with Crippen LogP contribution in [0.1, 0.15) is 86.3 Å². The van der Waals surface area contributed by atoms with E-state index in [1.807, 2.05) is 37.5 Å².